The number of hydrogen-bond donors (Lipinski definition) is 1. The van der Waals surface area contributed by atoms with Gasteiger partial charge >= 0.3 is 5.97 Å². The number of imide groups is 1. The third kappa shape index (κ3) is 3.94. The van der Waals surface area contributed by atoms with Gasteiger partial charge in [0.2, 0.25) is 11.8 Å². The van der Waals surface area contributed by atoms with Gasteiger partial charge in [0.05, 0.1) is 23.1 Å². The van der Waals surface area contributed by atoms with Gasteiger partial charge in [-0.25, -0.2) is 14.1 Å². The number of carbonyl (C=O) groups is 4. The van der Waals surface area contributed by atoms with E-state index in [0.717, 1.165) is 22.3 Å². The molecule has 3 amide bonds. The third-order valence-electron chi connectivity index (χ3n) is 8.27. The Kier molecular flexibility index (Phi) is 5.78. The molecule has 1 aliphatic heterocycles. The average Bonchev–Trinajstić information content (AvgIpc) is 3.27. The standard InChI is InChI=1S/C33H23FN2O5/c34-19-11-13-20(14-12-19)35-26(37)17-41-33(40)18-9-15-21(16-10-18)36-31(38)29-27-22-5-1-2-6-23(22)28(30(29)32(36)39)25-8-4-3-7-24(25)27/h1-16,27-30H,17H2,(H,35,37)/t27?,28?,29-,30+. The first-order valence-electron chi connectivity index (χ1n) is 13.3. The molecular weight excluding hydrogens is 523 g/mol. The van der Waals surface area contributed by atoms with Gasteiger partial charge in [0.25, 0.3) is 5.91 Å². The first kappa shape index (κ1) is 24.9. The molecule has 8 heteroatoms. The Bertz CT molecular complexity index is 1620. The van der Waals surface area contributed by atoms with Crippen LogP contribution in [0.25, 0.3) is 0 Å². The first-order valence-corrected chi connectivity index (χ1v) is 13.3. The van der Waals surface area contributed by atoms with Crippen LogP contribution in [0.15, 0.2) is 97.1 Å². The summed E-state index contributed by atoms with van der Waals surface area (Å²) in [4.78, 5) is 53.7. The maximum atomic E-state index is 13.9. The summed E-state index contributed by atoms with van der Waals surface area (Å²) in [6, 6.07) is 27.3. The van der Waals surface area contributed by atoms with E-state index in [9.17, 15) is 23.6 Å². The fraction of sp³-hybridized carbons (Fsp3) is 0.152. The van der Waals surface area contributed by atoms with E-state index in [2.05, 4.69) is 29.6 Å². The minimum Gasteiger partial charge on any atom is -0.452 e. The average molecular weight is 547 g/mol. The van der Waals surface area contributed by atoms with Crippen molar-refractivity contribution in [2.45, 2.75) is 11.8 Å². The molecule has 2 atom stereocenters. The van der Waals surface area contributed by atoms with Crippen LogP contribution in [0, 0.1) is 17.7 Å². The largest absolute Gasteiger partial charge is 0.452 e. The lowest BCUT2D eigenvalue weighted by Crippen LogP contribution is -2.41. The molecule has 0 unspecified atom stereocenters. The zero-order valence-corrected chi connectivity index (χ0v) is 21.6. The van der Waals surface area contributed by atoms with Crippen molar-refractivity contribution >= 4 is 35.1 Å². The summed E-state index contributed by atoms with van der Waals surface area (Å²) in [5, 5.41) is 2.52. The molecule has 1 heterocycles. The van der Waals surface area contributed by atoms with Crippen molar-refractivity contribution in [2.75, 3.05) is 16.8 Å². The van der Waals surface area contributed by atoms with Crippen molar-refractivity contribution in [1.29, 1.82) is 0 Å². The van der Waals surface area contributed by atoms with E-state index in [1.54, 1.807) is 12.1 Å². The van der Waals surface area contributed by atoms with Crippen LogP contribution in [0.3, 0.4) is 0 Å². The molecule has 4 aromatic carbocycles. The number of ether oxygens (including phenoxy) is 1. The highest BCUT2D eigenvalue weighted by Gasteiger charge is 2.61. The minimum absolute atomic E-state index is 0.166. The zero-order valence-electron chi connectivity index (χ0n) is 21.6. The Morgan fingerprint density at radius 2 is 1.20 bits per heavy atom. The normalized spacial score (nSPS) is 21.6. The van der Waals surface area contributed by atoms with Crippen LogP contribution in [0.1, 0.15) is 44.4 Å². The molecule has 41 heavy (non-hydrogen) atoms. The van der Waals surface area contributed by atoms with E-state index >= 15 is 0 Å². The third-order valence-corrected chi connectivity index (χ3v) is 8.27. The monoisotopic (exact) mass is 546 g/mol. The van der Waals surface area contributed by atoms with Gasteiger partial charge in [-0.2, -0.15) is 0 Å². The van der Waals surface area contributed by atoms with Crippen molar-refractivity contribution < 1.29 is 28.3 Å². The summed E-state index contributed by atoms with van der Waals surface area (Å²) in [7, 11) is 0. The molecule has 8 rings (SSSR count). The highest BCUT2D eigenvalue weighted by Crippen LogP contribution is 2.61. The summed E-state index contributed by atoms with van der Waals surface area (Å²) < 4.78 is 18.1. The van der Waals surface area contributed by atoms with Crippen molar-refractivity contribution in [1.82, 2.24) is 0 Å². The molecule has 0 radical (unpaired) electrons. The number of halogens is 1. The molecule has 3 aliphatic carbocycles. The molecule has 4 aromatic rings. The summed E-state index contributed by atoms with van der Waals surface area (Å²) >= 11 is 0. The smallest absolute Gasteiger partial charge is 0.338 e. The van der Waals surface area contributed by atoms with Gasteiger partial charge in [-0.05, 0) is 70.8 Å². The molecule has 7 nitrogen and oxygen atoms in total. The molecule has 2 bridgehead atoms. The number of benzene rings is 4. The molecule has 0 saturated carbocycles. The molecule has 4 aliphatic rings. The molecular formula is C33H23FN2O5. The summed E-state index contributed by atoms with van der Waals surface area (Å²) in [5.41, 5.74) is 5.32. The fourth-order valence-electron chi connectivity index (χ4n) is 6.62. The maximum absolute atomic E-state index is 13.9. The van der Waals surface area contributed by atoms with Gasteiger partial charge in [0, 0.05) is 17.5 Å². The van der Waals surface area contributed by atoms with Gasteiger partial charge in [-0.1, -0.05) is 48.5 Å². The number of rotatable bonds is 5. The highest BCUT2D eigenvalue weighted by molar-refractivity contribution is 6.23. The Balaban J connectivity index is 1.09. The lowest BCUT2D eigenvalue weighted by Gasteiger charge is -2.45. The van der Waals surface area contributed by atoms with Crippen LogP contribution in [0.5, 0.6) is 0 Å². The van der Waals surface area contributed by atoms with E-state index in [0.29, 0.717) is 11.4 Å². The van der Waals surface area contributed by atoms with E-state index in [1.165, 1.54) is 41.3 Å². The molecule has 1 saturated heterocycles. The highest BCUT2D eigenvalue weighted by atomic mass is 19.1. The van der Waals surface area contributed by atoms with Gasteiger partial charge in [0.1, 0.15) is 5.82 Å². The number of amides is 3. The zero-order chi connectivity index (χ0) is 28.2. The molecule has 0 aromatic heterocycles. The van der Waals surface area contributed by atoms with Gasteiger partial charge in [-0.3, -0.25) is 14.4 Å². The molecule has 202 valence electrons. The summed E-state index contributed by atoms with van der Waals surface area (Å²) in [6.45, 7) is -0.533. The number of esters is 1. The number of nitrogens with one attached hydrogen (secondary N) is 1. The van der Waals surface area contributed by atoms with Crippen molar-refractivity contribution in [2.24, 2.45) is 11.8 Å². The number of hydrogen-bond acceptors (Lipinski definition) is 5. The van der Waals surface area contributed by atoms with Crippen LogP contribution < -0.4 is 10.2 Å². The number of nitrogens with zero attached hydrogens (tertiary/aromatic N) is 1. The van der Waals surface area contributed by atoms with Crippen LogP contribution in [-0.2, 0) is 19.1 Å². The summed E-state index contributed by atoms with van der Waals surface area (Å²) in [6.07, 6.45) is 0. The van der Waals surface area contributed by atoms with Gasteiger partial charge < -0.3 is 10.1 Å². The maximum Gasteiger partial charge on any atom is 0.338 e. The van der Waals surface area contributed by atoms with E-state index in [1.807, 2.05) is 24.3 Å². The fourth-order valence-corrected chi connectivity index (χ4v) is 6.62. The van der Waals surface area contributed by atoms with E-state index < -0.39 is 36.1 Å². The molecule has 1 fully saturated rings. The lowest BCUT2D eigenvalue weighted by molar-refractivity contribution is -0.122. The van der Waals surface area contributed by atoms with Crippen LogP contribution in [0.4, 0.5) is 15.8 Å². The van der Waals surface area contributed by atoms with Gasteiger partial charge in [0.15, 0.2) is 6.61 Å². The Labute approximate surface area is 234 Å². The Hall–Kier alpha value is -5.11. The number of carbonyl (C=O) groups excluding carboxylic acids is 4. The van der Waals surface area contributed by atoms with Crippen LogP contribution in [-0.4, -0.2) is 30.3 Å². The second-order valence-corrected chi connectivity index (χ2v) is 10.5. The second kappa shape index (κ2) is 9.52. The SMILES string of the molecule is O=C(COC(=O)c1ccc(N2C(=O)[C@@H]3C4c5ccccc5C(c5ccccc54)[C@@H]3C2=O)cc1)Nc1ccc(F)cc1. The van der Waals surface area contributed by atoms with Crippen molar-refractivity contribution in [3.8, 4) is 0 Å². The predicted molar refractivity (Wildman–Crippen MR) is 148 cm³/mol. The summed E-state index contributed by atoms with van der Waals surface area (Å²) in [5.74, 6) is -3.63. The van der Waals surface area contributed by atoms with Crippen LogP contribution >= 0.6 is 0 Å². The lowest BCUT2D eigenvalue weighted by atomic mass is 9.55. The van der Waals surface area contributed by atoms with Crippen LogP contribution in [0.2, 0.25) is 0 Å². The van der Waals surface area contributed by atoms with E-state index in [-0.39, 0.29) is 29.2 Å². The minimum atomic E-state index is -0.734. The van der Waals surface area contributed by atoms with Crippen molar-refractivity contribution in [3.05, 3.63) is 131 Å². The van der Waals surface area contributed by atoms with Crippen molar-refractivity contribution in [3.63, 3.8) is 0 Å². The predicted octanol–water partition coefficient (Wildman–Crippen LogP) is 5.02. The first-order chi connectivity index (χ1) is 19.9. The van der Waals surface area contributed by atoms with E-state index in [4.69, 9.17) is 4.74 Å². The number of anilines is 2. The van der Waals surface area contributed by atoms with Gasteiger partial charge in [-0.15, -0.1) is 0 Å². The quantitative estimate of drug-likeness (QED) is 0.280. The Morgan fingerprint density at radius 3 is 1.68 bits per heavy atom. The topological polar surface area (TPSA) is 92.8 Å². The molecule has 0 spiro atoms. The Morgan fingerprint density at radius 1 is 0.707 bits per heavy atom. The second-order valence-electron chi connectivity index (χ2n) is 10.5. The molecule has 1 N–H and O–H groups in total.